The lowest BCUT2D eigenvalue weighted by Gasteiger charge is -2.35. The molecular weight excluding hydrogens is 320 g/mol. The highest BCUT2D eigenvalue weighted by Gasteiger charge is 2.22. The van der Waals surface area contributed by atoms with Crippen molar-refractivity contribution in [2.75, 3.05) is 36.4 Å². The number of amides is 2. The molecule has 24 heavy (non-hydrogen) atoms. The van der Waals surface area contributed by atoms with Gasteiger partial charge in [-0.25, -0.2) is 23.5 Å². The number of hydrogen-bond acceptors (Lipinski definition) is 5. The molecule has 2 aromatic rings. The van der Waals surface area contributed by atoms with Gasteiger partial charge in [-0.15, -0.1) is 0 Å². The SMILES string of the molecule is O=C(Nc1ncc(O)cn1)N1CCN(c2ccc(F)c(F)c2)CC1. The number of aromatic hydroxyl groups is 1. The van der Waals surface area contributed by atoms with Crippen LogP contribution in [0.2, 0.25) is 0 Å². The molecule has 1 saturated heterocycles. The first-order chi connectivity index (χ1) is 11.5. The second-order valence-electron chi connectivity index (χ2n) is 5.27. The maximum absolute atomic E-state index is 13.3. The van der Waals surface area contributed by atoms with Crippen LogP contribution in [0.4, 0.5) is 25.2 Å². The molecule has 1 aromatic heterocycles. The Hall–Kier alpha value is -2.97. The van der Waals surface area contributed by atoms with Gasteiger partial charge in [0.05, 0.1) is 12.4 Å². The highest BCUT2D eigenvalue weighted by molar-refractivity contribution is 5.87. The topological polar surface area (TPSA) is 81.6 Å². The average Bonchev–Trinajstić information content (AvgIpc) is 2.59. The molecule has 0 atom stereocenters. The lowest BCUT2D eigenvalue weighted by molar-refractivity contribution is 0.208. The molecule has 2 N–H and O–H groups in total. The molecule has 0 radical (unpaired) electrons. The number of hydrogen-bond donors (Lipinski definition) is 2. The zero-order valence-corrected chi connectivity index (χ0v) is 12.6. The Labute approximate surface area is 136 Å². The summed E-state index contributed by atoms with van der Waals surface area (Å²) in [6, 6.07) is 3.39. The van der Waals surface area contributed by atoms with Crippen LogP contribution in [0.25, 0.3) is 0 Å². The van der Waals surface area contributed by atoms with Crippen molar-refractivity contribution in [2.24, 2.45) is 0 Å². The van der Waals surface area contributed by atoms with Crippen LogP contribution >= 0.6 is 0 Å². The summed E-state index contributed by atoms with van der Waals surface area (Å²) < 4.78 is 26.3. The van der Waals surface area contributed by atoms with Crippen molar-refractivity contribution in [2.45, 2.75) is 0 Å². The zero-order chi connectivity index (χ0) is 17.1. The van der Waals surface area contributed by atoms with Gasteiger partial charge in [-0.05, 0) is 12.1 Å². The van der Waals surface area contributed by atoms with Gasteiger partial charge in [0.1, 0.15) is 0 Å². The number of nitrogens with zero attached hydrogens (tertiary/aromatic N) is 4. The summed E-state index contributed by atoms with van der Waals surface area (Å²) >= 11 is 0. The molecule has 0 saturated carbocycles. The number of rotatable bonds is 2. The molecule has 9 heteroatoms. The van der Waals surface area contributed by atoms with Crippen molar-refractivity contribution < 1.29 is 18.7 Å². The Morgan fingerprint density at radius 2 is 1.75 bits per heavy atom. The minimum atomic E-state index is -0.892. The predicted octanol–water partition coefficient (Wildman–Crippen LogP) is 1.81. The number of urea groups is 1. The fraction of sp³-hybridized carbons (Fsp3) is 0.267. The summed E-state index contributed by atoms with van der Waals surface area (Å²) in [5.41, 5.74) is 0.579. The largest absolute Gasteiger partial charge is 0.505 e. The molecule has 2 amide bonds. The van der Waals surface area contributed by atoms with Crippen LogP contribution in [-0.4, -0.2) is 52.2 Å². The van der Waals surface area contributed by atoms with Crippen molar-refractivity contribution in [3.63, 3.8) is 0 Å². The predicted molar refractivity (Wildman–Crippen MR) is 82.9 cm³/mol. The van der Waals surface area contributed by atoms with E-state index in [1.807, 2.05) is 4.90 Å². The van der Waals surface area contributed by atoms with Crippen molar-refractivity contribution in [1.29, 1.82) is 0 Å². The fourth-order valence-electron chi connectivity index (χ4n) is 2.41. The quantitative estimate of drug-likeness (QED) is 0.875. The fourth-order valence-corrected chi connectivity index (χ4v) is 2.41. The molecule has 1 aliphatic heterocycles. The van der Waals surface area contributed by atoms with E-state index in [0.717, 1.165) is 12.1 Å². The Morgan fingerprint density at radius 1 is 1.08 bits per heavy atom. The summed E-state index contributed by atoms with van der Waals surface area (Å²) in [6.07, 6.45) is 2.37. The lowest BCUT2D eigenvalue weighted by Crippen LogP contribution is -2.50. The third-order valence-electron chi connectivity index (χ3n) is 3.69. The molecule has 0 aliphatic carbocycles. The maximum Gasteiger partial charge on any atom is 0.324 e. The number of aromatic nitrogens is 2. The van der Waals surface area contributed by atoms with E-state index < -0.39 is 11.6 Å². The Balaban J connectivity index is 1.57. The van der Waals surface area contributed by atoms with Crippen molar-refractivity contribution in [3.8, 4) is 5.75 Å². The van der Waals surface area contributed by atoms with Gasteiger partial charge in [-0.3, -0.25) is 5.32 Å². The third kappa shape index (κ3) is 3.50. The van der Waals surface area contributed by atoms with Gasteiger partial charge in [-0.2, -0.15) is 0 Å². The molecule has 0 bridgehead atoms. The van der Waals surface area contributed by atoms with E-state index in [9.17, 15) is 13.6 Å². The first kappa shape index (κ1) is 15.9. The number of nitrogens with one attached hydrogen (secondary N) is 1. The van der Waals surface area contributed by atoms with Gasteiger partial charge in [0.15, 0.2) is 17.4 Å². The molecule has 2 heterocycles. The second kappa shape index (κ2) is 6.65. The molecule has 1 aromatic carbocycles. The van der Waals surface area contributed by atoms with Gasteiger partial charge in [0.25, 0.3) is 0 Å². The minimum Gasteiger partial charge on any atom is -0.505 e. The molecule has 1 fully saturated rings. The van der Waals surface area contributed by atoms with E-state index in [1.54, 1.807) is 4.90 Å². The van der Waals surface area contributed by atoms with Gasteiger partial charge in [0, 0.05) is 37.9 Å². The molecule has 0 spiro atoms. The number of benzene rings is 1. The summed E-state index contributed by atoms with van der Waals surface area (Å²) in [4.78, 5) is 23.2. The van der Waals surface area contributed by atoms with Gasteiger partial charge < -0.3 is 14.9 Å². The van der Waals surface area contributed by atoms with Crippen molar-refractivity contribution >= 4 is 17.7 Å². The molecular formula is C15H15F2N5O2. The minimum absolute atomic E-state index is 0.0897. The van der Waals surface area contributed by atoms with Gasteiger partial charge in [-0.1, -0.05) is 0 Å². The Morgan fingerprint density at radius 3 is 2.38 bits per heavy atom. The van der Waals surface area contributed by atoms with Crippen LogP contribution in [0.1, 0.15) is 0 Å². The first-order valence-electron chi connectivity index (χ1n) is 7.30. The van der Waals surface area contributed by atoms with Gasteiger partial charge >= 0.3 is 6.03 Å². The average molecular weight is 335 g/mol. The first-order valence-corrected chi connectivity index (χ1v) is 7.30. The lowest BCUT2D eigenvalue weighted by atomic mass is 10.2. The van der Waals surface area contributed by atoms with Gasteiger partial charge in [0.2, 0.25) is 5.95 Å². The number of piperazine rings is 1. The van der Waals surface area contributed by atoms with E-state index in [1.165, 1.54) is 18.5 Å². The molecule has 126 valence electrons. The van der Waals surface area contributed by atoms with Crippen LogP contribution < -0.4 is 10.2 Å². The smallest absolute Gasteiger partial charge is 0.324 e. The monoisotopic (exact) mass is 335 g/mol. The Kier molecular flexibility index (Phi) is 4.41. The number of carbonyl (C=O) groups is 1. The van der Waals surface area contributed by atoms with Crippen LogP contribution in [0.3, 0.4) is 0 Å². The van der Waals surface area contributed by atoms with Crippen molar-refractivity contribution in [3.05, 3.63) is 42.2 Å². The molecule has 7 nitrogen and oxygen atoms in total. The van der Waals surface area contributed by atoms with E-state index in [0.29, 0.717) is 31.9 Å². The summed E-state index contributed by atoms with van der Waals surface area (Å²) in [5, 5.41) is 11.6. The molecule has 1 aliphatic rings. The van der Waals surface area contributed by atoms with E-state index in [2.05, 4.69) is 15.3 Å². The zero-order valence-electron chi connectivity index (χ0n) is 12.6. The van der Waals surface area contributed by atoms with Crippen LogP contribution in [0, 0.1) is 11.6 Å². The van der Waals surface area contributed by atoms with E-state index in [-0.39, 0.29) is 17.7 Å². The van der Waals surface area contributed by atoms with Crippen LogP contribution in [0.15, 0.2) is 30.6 Å². The maximum atomic E-state index is 13.3. The third-order valence-corrected chi connectivity index (χ3v) is 3.69. The summed E-state index contributed by atoms with van der Waals surface area (Å²) in [7, 11) is 0. The molecule has 0 unspecified atom stereocenters. The normalized spacial score (nSPS) is 14.6. The van der Waals surface area contributed by atoms with E-state index in [4.69, 9.17) is 5.11 Å². The number of halogens is 2. The number of anilines is 2. The van der Waals surface area contributed by atoms with E-state index >= 15 is 0 Å². The Bertz CT molecular complexity index is 733. The summed E-state index contributed by atoms with van der Waals surface area (Å²) in [6.45, 7) is 1.83. The highest BCUT2D eigenvalue weighted by atomic mass is 19.2. The van der Waals surface area contributed by atoms with Crippen molar-refractivity contribution in [1.82, 2.24) is 14.9 Å². The van der Waals surface area contributed by atoms with Crippen LogP contribution in [-0.2, 0) is 0 Å². The molecule has 3 rings (SSSR count). The van der Waals surface area contributed by atoms with Crippen LogP contribution in [0.5, 0.6) is 5.75 Å². The standard InChI is InChI=1S/C15H15F2N5O2/c16-12-2-1-10(7-13(12)17)21-3-5-22(6-4-21)15(24)20-14-18-8-11(23)9-19-14/h1-2,7-9,23H,3-6H2,(H,18,19,20,24). The number of carbonyl (C=O) groups excluding carboxylic acids is 1. The summed E-state index contributed by atoms with van der Waals surface area (Å²) in [5.74, 6) is -1.77. The second-order valence-corrected chi connectivity index (χ2v) is 5.27. The highest BCUT2D eigenvalue weighted by Crippen LogP contribution is 2.19.